The standard InChI is InChI=1S/C13H15N9O3/c23-12(14-4-1-6-19-7-2-5-16-19)11-3-8-20(17-11)10-21-9-15-13(18-21)22(24)25/h2-3,5,7-9H,1,4,6,10H2,(H,14,23). The molecule has 3 rings (SSSR count). The molecule has 12 heteroatoms. The lowest BCUT2D eigenvalue weighted by atomic mass is 10.3. The Bertz CT molecular complexity index is 852. The fourth-order valence-electron chi connectivity index (χ4n) is 2.11. The Kier molecular flexibility index (Phi) is 4.78. The first kappa shape index (κ1) is 16.3. The third kappa shape index (κ3) is 4.25. The minimum atomic E-state index is -0.679. The van der Waals surface area contributed by atoms with Crippen LogP contribution in [0.25, 0.3) is 0 Å². The van der Waals surface area contributed by atoms with Gasteiger partial charge in [-0.25, -0.2) is 4.68 Å². The number of hydrogen-bond acceptors (Lipinski definition) is 7. The highest BCUT2D eigenvalue weighted by atomic mass is 16.6. The molecular weight excluding hydrogens is 330 g/mol. The number of carbonyl (C=O) groups is 1. The van der Waals surface area contributed by atoms with Gasteiger partial charge in [0.15, 0.2) is 6.67 Å². The number of nitro groups is 1. The second kappa shape index (κ2) is 7.33. The van der Waals surface area contributed by atoms with E-state index >= 15 is 0 Å². The quantitative estimate of drug-likeness (QED) is 0.342. The smallest absolute Gasteiger partial charge is 0.390 e. The number of rotatable bonds is 8. The van der Waals surface area contributed by atoms with Crippen LogP contribution in [-0.2, 0) is 13.2 Å². The van der Waals surface area contributed by atoms with E-state index in [0.717, 1.165) is 6.42 Å². The van der Waals surface area contributed by atoms with Gasteiger partial charge in [-0.05, 0) is 23.5 Å². The lowest BCUT2D eigenvalue weighted by molar-refractivity contribution is -0.394. The van der Waals surface area contributed by atoms with Crippen molar-refractivity contribution < 1.29 is 9.72 Å². The molecule has 0 radical (unpaired) electrons. The first-order valence-electron chi connectivity index (χ1n) is 7.45. The first-order valence-corrected chi connectivity index (χ1v) is 7.45. The van der Waals surface area contributed by atoms with E-state index in [9.17, 15) is 14.9 Å². The third-order valence-corrected chi connectivity index (χ3v) is 3.26. The van der Waals surface area contributed by atoms with Gasteiger partial charge in [0.1, 0.15) is 5.69 Å². The topological polar surface area (TPSA) is 139 Å². The summed E-state index contributed by atoms with van der Waals surface area (Å²) in [7, 11) is 0. The van der Waals surface area contributed by atoms with Gasteiger partial charge in [0.2, 0.25) is 6.33 Å². The van der Waals surface area contributed by atoms with Crippen molar-refractivity contribution in [3.05, 3.63) is 52.9 Å². The fourth-order valence-corrected chi connectivity index (χ4v) is 2.11. The first-order chi connectivity index (χ1) is 12.1. The molecule has 0 aliphatic heterocycles. The molecule has 0 unspecified atom stereocenters. The van der Waals surface area contributed by atoms with Crippen molar-refractivity contribution >= 4 is 11.9 Å². The number of carbonyl (C=O) groups excluding carboxylic acids is 1. The highest BCUT2D eigenvalue weighted by molar-refractivity contribution is 5.92. The summed E-state index contributed by atoms with van der Waals surface area (Å²) in [4.78, 5) is 25.4. The molecule has 0 saturated heterocycles. The van der Waals surface area contributed by atoms with Gasteiger partial charge in [-0.3, -0.25) is 9.48 Å². The molecule has 3 heterocycles. The maximum Gasteiger partial charge on any atom is 0.491 e. The Balaban J connectivity index is 1.48. The van der Waals surface area contributed by atoms with Crippen molar-refractivity contribution in [1.29, 1.82) is 0 Å². The molecule has 130 valence electrons. The van der Waals surface area contributed by atoms with Gasteiger partial charge in [0, 0.05) is 36.8 Å². The Morgan fingerprint density at radius 3 is 2.84 bits per heavy atom. The monoisotopic (exact) mass is 345 g/mol. The molecule has 0 fully saturated rings. The molecule has 0 saturated carbocycles. The summed E-state index contributed by atoms with van der Waals surface area (Å²) in [5, 5.41) is 25.2. The number of nitrogens with zero attached hydrogens (tertiary/aromatic N) is 8. The minimum absolute atomic E-state index is 0.118. The van der Waals surface area contributed by atoms with Gasteiger partial charge in [-0.2, -0.15) is 14.9 Å². The lowest BCUT2D eigenvalue weighted by Gasteiger charge is -2.03. The van der Waals surface area contributed by atoms with Crippen LogP contribution in [0.3, 0.4) is 0 Å². The van der Waals surface area contributed by atoms with Gasteiger partial charge in [-0.15, -0.1) is 0 Å². The minimum Gasteiger partial charge on any atom is -0.390 e. The lowest BCUT2D eigenvalue weighted by Crippen LogP contribution is -2.26. The Morgan fingerprint density at radius 2 is 2.12 bits per heavy atom. The Labute approximate surface area is 141 Å². The highest BCUT2D eigenvalue weighted by Crippen LogP contribution is 2.01. The Hall–Kier alpha value is -3.57. The molecule has 0 aliphatic rings. The number of aryl methyl sites for hydroxylation is 1. The number of nitrogens with one attached hydrogen (secondary N) is 1. The van der Waals surface area contributed by atoms with Crippen LogP contribution in [0, 0.1) is 10.1 Å². The average Bonchev–Trinajstić information content (AvgIpc) is 3.33. The molecule has 0 bridgehead atoms. The largest absolute Gasteiger partial charge is 0.491 e. The van der Waals surface area contributed by atoms with Crippen molar-refractivity contribution in [1.82, 2.24) is 39.6 Å². The Morgan fingerprint density at radius 1 is 1.24 bits per heavy atom. The van der Waals surface area contributed by atoms with E-state index in [4.69, 9.17) is 0 Å². The fraction of sp³-hybridized carbons (Fsp3) is 0.308. The molecule has 1 amide bonds. The molecule has 0 aliphatic carbocycles. The molecule has 0 atom stereocenters. The molecule has 12 nitrogen and oxygen atoms in total. The van der Waals surface area contributed by atoms with E-state index in [1.165, 1.54) is 15.7 Å². The van der Waals surface area contributed by atoms with E-state index in [1.54, 1.807) is 23.1 Å². The zero-order valence-electron chi connectivity index (χ0n) is 13.1. The summed E-state index contributed by atoms with van der Waals surface area (Å²) in [6, 6.07) is 3.41. The van der Waals surface area contributed by atoms with Gasteiger partial charge in [0.25, 0.3) is 5.91 Å². The van der Waals surface area contributed by atoms with Gasteiger partial charge in [0.05, 0.1) is 0 Å². The predicted octanol–water partition coefficient (Wildman–Crippen LogP) is -0.0948. The molecule has 3 aromatic heterocycles. The molecule has 1 N–H and O–H groups in total. The SMILES string of the molecule is O=C(NCCCn1cccn1)c1ccn(Cn2cnc([N+](=O)[O-])n2)n1. The van der Waals surface area contributed by atoms with Crippen molar-refractivity contribution in [3.63, 3.8) is 0 Å². The summed E-state index contributed by atoms with van der Waals surface area (Å²) in [6.45, 7) is 1.33. The van der Waals surface area contributed by atoms with Crippen LogP contribution < -0.4 is 5.32 Å². The summed E-state index contributed by atoms with van der Waals surface area (Å²) < 4.78 is 4.49. The van der Waals surface area contributed by atoms with Crippen LogP contribution in [0.1, 0.15) is 16.9 Å². The van der Waals surface area contributed by atoms with E-state index < -0.39 is 10.9 Å². The van der Waals surface area contributed by atoms with Gasteiger partial charge in [-0.1, -0.05) is 4.98 Å². The molecule has 0 aromatic carbocycles. The maximum absolute atomic E-state index is 12.0. The second-order valence-corrected chi connectivity index (χ2v) is 5.10. The van der Waals surface area contributed by atoms with E-state index in [1.807, 2.05) is 12.3 Å². The summed E-state index contributed by atoms with van der Waals surface area (Å²) in [5.41, 5.74) is 0.258. The van der Waals surface area contributed by atoms with E-state index in [2.05, 4.69) is 25.6 Å². The summed E-state index contributed by atoms with van der Waals surface area (Å²) >= 11 is 0. The number of aromatic nitrogens is 7. The number of amides is 1. The predicted molar refractivity (Wildman–Crippen MR) is 83.5 cm³/mol. The van der Waals surface area contributed by atoms with Crippen LogP contribution in [-0.4, -0.2) is 51.7 Å². The van der Waals surface area contributed by atoms with Crippen molar-refractivity contribution in [3.8, 4) is 0 Å². The van der Waals surface area contributed by atoms with Crippen LogP contribution in [0.5, 0.6) is 0 Å². The van der Waals surface area contributed by atoms with Crippen LogP contribution in [0.15, 0.2) is 37.1 Å². The molecular formula is C13H15N9O3. The zero-order chi connectivity index (χ0) is 17.6. The van der Waals surface area contributed by atoms with E-state index in [0.29, 0.717) is 13.1 Å². The van der Waals surface area contributed by atoms with Gasteiger partial charge < -0.3 is 15.4 Å². The van der Waals surface area contributed by atoms with Crippen molar-refractivity contribution in [2.75, 3.05) is 6.54 Å². The van der Waals surface area contributed by atoms with Crippen molar-refractivity contribution in [2.45, 2.75) is 19.6 Å². The number of hydrogen-bond donors (Lipinski definition) is 1. The third-order valence-electron chi connectivity index (χ3n) is 3.26. The highest BCUT2D eigenvalue weighted by Gasteiger charge is 2.14. The van der Waals surface area contributed by atoms with Crippen molar-refractivity contribution in [2.24, 2.45) is 0 Å². The average molecular weight is 345 g/mol. The molecule has 0 spiro atoms. The second-order valence-electron chi connectivity index (χ2n) is 5.10. The molecule has 25 heavy (non-hydrogen) atoms. The summed E-state index contributed by atoms with van der Waals surface area (Å²) in [5.74, 6) is -0.772. The van der Waals surface area contributed by atoms with Gasteiger partial charge >= 0.3 is 5.95 Å². The summed E-state index contributed by atoms with van der Waals surface area (Å²) in [6.07, 6.45) is 7.13. The van der Waals surface area contributed by atoms with Crippen LogP contribution >= 0.6 is 0 Å². The zero-order valence-corrected chi connectivity index (χ0v) is 13.1. The van der Waals surface area contributed by atoms with E-state index in [-0.39, 0.29) is 18.3 Å². The maximum atomic E-state index is 12.0. The van der Waals surface area contributed by atoms with Crippen LogP contribution in [0.4, 0.5) is 5.95 Å². The normalized spacial score (nSPS) is 10.7. The van der Waals surface area contributed by atoms with Crippen LogP contribution in [0.2, 0.25) is 0 Å². The molecule has 3 aromatic rings.